The van der Waals surface area contributed by atoms with Gasteiger partial charge in [-0.1, -0.05) is 12.1 Å². The summed E-state index contributed by atoms with van der Waals surface area (Å²) in [6.45, 7) is 4.03. The van der Waals surface area contributed by atoms with E-state index in [0.29, 0.717) is 6.42 Å². The van der Waals surface area contributed by atoms with Crippen LogP contribution in [0.4, 0.5) is 0 Å². The minimum Gasteiger partial charge on any atom is -0.496 e. The molecule has 4 nitrogen and oxygen atoms in total. The predicted molar refractivity (Wildman–Crippen MR) is 75.5 cm³/mol. The highest BCUT2D eigenvalue weighted by atomic mass is 16.5. The summed E-state index contributed by atoms with van der Waals surface area (Å²) in [5, 5.41) is 0. The van der Waals surface area contributed by atoms with Crippen molar-refractivity contribution in [3.05, 3.63) is 28.8 Å². The van der Waals surface area contributed by atoms with Crippen molar-refractivity contribution in [2.75, 3.05) is 28.3 Å². The first-order chi connectivity index (χ1) is 8.90. The highest BCUT2D eigenvalue weighted by molar-refractivity contribution is 5.70. The minimum atomic E-state index is -0.204. The molecule has 4 heteroatoms. The Kier molecular flexibility index (Phi) is 5.36. The van der Waals surface area contributed by atoms with Crippen LogP contribution in [0.15, 0.2) is 12.1 Å². The fourth-order valence-electron chi connectivity index (χ4n) is 2.34. The Bertz CT molecular complexity index is 432. The third-order valence-electron chi connectivity index (χ3n) is 3.28. The Morgan fingerprint density at radius 1 is 1.21 bits per heavy atom. The number of aryl methyl sites for hydroxylation is 2. The average molecular weight is 265 g/mol. The van der Waals surface area contributed by atoms with Gasteiger partial charge in [0.15, 0.2) is 0 Å². The van der Waals surface area contributed by atoms with Crippen molar-refractivity contribution >= 4 is 5.97 Å². The lowest BCUT2D eigenvalue weighted by Gasteiger charge is -2.25. The molecule has 0 bridgehead atoms. The summed E-state index contributed by atoms with van der Waals surface area (Å²) < 4.78 is 10.1. The number of benzene rings is 1. The highest BCUT2D eigenvalue weighted by Gasteiger charge is 2.20. The molecule has 0 radical (unpaired) electrons. The molecular weight excluding hydrogens is 242 g/mol. The zero-order valence-corrected chi connectivity index (χ0v) is 12.6. The van der Waals surface area contributed by atoms with E-state index in [-0.39, 0.29) is 12.0 Å². The van der Waals surface area contributed by atoms with Crippen LogP contribution in [0.1, 0.15) is 29.2 Å². The van der Waals surface area contributed by atoms with Crippen molar-refractivity contribution < 1.29 is 14.3 Å². The van der Waals surface area contributed by atoms with Crippen molar-refractivity contribution in [2.24, 2.45) is 0 Å². The third kappa shape index (κ3) is 3.70. The number of nitrogens with zero attached hydrogens (tertiary/aromatic N) is 1. The van der Waals surface area contributed by atoms with Gasteiger partial charge < -0.3 is 14.4 Å². The second kappa shape index (κ2) is 6.57. The Balaban J connectivity index is 3.13. The van der Waals surface area contributed by atoms with Gasteiger partial charge in [-0.05, 0) is 44.6 Å². The molecule has 0 aromatic heterocycles. The van der Waals surface area contributed by atoms with Gasteiger partial charge in [0.2, 0.25) is 0 Å². The summed E-state index contributed by atoms with van der Waals surface area (Å²) in [5.74, 6) is 0.698. The number of esters is 1. The molecule has 106 valence electrons. The molecule has 1 atom stereocenters. The van der Waals surface area contributed by atoms with Crippen molar-refractivity contribution in [2.45, 2.75) is 26.3 Å². The lowest BCUT2D eigenvalue weighted by atomic mass is 9.97. The van der Waals surface area contributed by atoms with Crippen molar-refractivity contribution in [1.29, 1.82) is 0 Å². The van der Waals surface area contributed by atoms with Gasteiger partial charge in [0.05, 0.1) is 20.6 Å². The molecule has 0 saturated carbocycles. The standard InChI is InChI=1S/C15H23NO3/c1-10-7-12(8-11(2)15(10)19-6)13(16(3)4)9-14(17)18-5/h7-8,13H,9H2,1-6H3. The molecular formula is C15H23NO3. The second-order valence-corrected chi connectivity index (χ2v) is 4.95. The molecule has 0 aliphatic carbocycles. The van der Waals surface area contributed by atoms with Crippen LogP contribution in [0.5, 0.6) is 5.75 Å². The number of ether oxygens (including phenoxy) is 2. The maximum Gasteiger partial charge on any atom is 0.307 e. The molecule has 0 aliphatic rings. The van der Waals surface area contributed by atoms with Crippen LogP contribution in [0.2, 0.25) is 0 Å². The molecule has 0 saturated heterocycles. The van der Waals surface area contributed by atoms with Gasteiger partial charge in [-0.15, -0.1) is 0 Å². The Morgan fingerprint density at radius 3 is 2.11 bits per heavy atom. The molecule has 19 heavy (non-hydrogen) atoms. The fraction of sp³-hybridized carbons (Fsp3) is 0.533. The first-order valence-electron chi connectivity index (χ1n) is 6.29. The Morgan fingerprint density at radius 2 is 1.74 bits per heavy atom. The molecule has 0 heterocycles. The molecule has 1 aromatic rings. The molecule has 1 rings (SSSR count). The van der Waals surface area contributed by atoms with Crippen LogP contribution >= 0.6 is 0 Å². The van der Waals surface area contributed by atoms with E-state index in [2.05, 4.69) is 12.1 Å². The van der Waals surface area contributed by atoms with Crippen LogP contribution in [0, 0.1) is 13.8 Å². The first-order valence-corrected chi connectivity index (χ1v) is 6.29. The molecule has 0 N–H and O–H groups in total. The Labute approximate surface area is 115 Å². The smallest absolute Gasteiger partial charge is 0.307 e. The van der Waals surface area contributed by atoms with E-state index >= 15 is 0 Å². The number of methoxy groups -OCH3 is 2. The van der Waals surface area contributed by atoms with Crippen LogP contribution in [0.25, 0.3) is 0 Å². The van der Waals surface area contributed by atoms with E-state index in [1.807, 2.05) is 32.8 Å². The van der Waals surface area contributed by atoms with Gasteiger partial charge in [0.1, 0.15) is 5.75 Å². The zero-order valence-electron chi connectivity index (χ0n) is 12.6. The van der Waals surface area contributed by atoms with Gasteiger partial charge in [-0.3, -0.25) is 4.79 Å². The van der Waals surface area contributed by atoms with Crippen LogP contribution in [0.3, 0.4) is 0 Å². The zero-order chi connectivity index (χ0) is 14.6. The summed E-state index contributed by atoms with van der Waals surface area (Å²) in [5.41, 5.74) is 3.26. The van der Waals surface area contributed by atoms with Gasteiger partial charge in [-0.2, -0.15) is 0 Å². The van der Waals surface area contributed by atoms with E-state index in [9.17, 15) is 4.79 Å². The number of hydrogen-bond donors (Lipinski definition) is 0. The van der Waals surface area contributed by atoms with Gasteiger partial charge in [0, 0.05) is 6.04 Å². The normalized spacial score (nSPS) is 12.4. The number of carbonyl (C=O) groups excluding carboxylic acids is 1. The quantitative estimate of drug-likeness (QED) is 0.767. The van der Waals surface area contributed by atoms with Crippen LogP contribution < -0.4 is 4.74 Å². The summed E-state index contributed by atoms with van der Waals surface area (Å²) in [7, 11) is 7.01. The topological polar surface area (TPSA) is 38.8 Å². The largest absolute Gasteiger partial charge is 0.496 e. The maximum absolute atomic E-state index is 11.5. The van der Waals surface area contributed by atoms with Crippen LogP contribution in [-0.2, 0) is 9.53 Å². The summed E-state index contributed by atoms with van der Waals surface area (Å²) in [4.78, 5) is 13.5. The molecule has 0 amide bonds. The van der Waals surface area contributed by atoms with E-state index in [1.165, 1.54) is 7.11 Å². The maximum atomic E-state index is 11.5. The molecule has 0 spiro atoms. The van der Waals surface area contributed by atoms with Gasteiger partial charge in [0.25, 0.3) is 0 Å². The molecule has 1 unspecified atom stereocenters. The lowest BCUT2D eigenvalue weighted by molar-refractivity contribution is -0.141. The summed E-state index contributed by atoms with van der Waals surface area (Å²) in [6, 6.07) is 4.15. The van der Waals surface area contributed by atoms with Gasteiger partial charge in [-0.25, -0.2) is 0 Å². The van der Waals surface area contributed by atoms with Gasteiger partial charge >= 0.3 is 5.97 Å². The highest BCUT2D eigenvalue weighted by Crippen LogP contribution is 2.30. The summed E-state index contributed by atoms with van der Waals surface area (Å²) in [6.07, 6.45) is 0.342. The van der Waals surface area contributed by atoms with Crippen LogP contribution in [-0.4, -0.2) is 39.2 Å². The molecule has 1 aromatic carbocycles. The average Bonchev–Trinajstić information content (AvgIpc) is 2.34. The number of rotatable bonds is 5. The molecule has 0 fully saturated rings. The summed E-state index contributed by atoms with van der Waals surface area (Å²) >= 11 is 0. The lowest BCUT2D eigenvalue weighted by Crippen LogP contribution is -2.23. The first kappa shape index (κ1) is 15.5. The SMILES string of the molecule is COC(=O)CC(c1cc(C)c(OC)c(C)c1)N(C)C. The third-order valence-corrected chi connectivity index (χ3v) is 3.28. The van der Waals surface area contributed by atoms with E-state index < -0.39 is 0 Å². The van der Waals surface area contributed by atoms with Crippen molar-refractivity contribution in [3.8, 4) is 5.75 Å². The monoisotopic (exact) mass is 265 g/mol. The number of carbonyl (C=O) groups is 1. The fourth-order valence-corrected chi connectivity index (χ4v) is 2.34. The Hall–Kier alpha value is -1.55. The van der Waals surface area contributed by atoms with E-state index in [0.717, 1.165) is 22.4 Å². The van der Waals surface area contributed by atoms with Crippen molar-refractivity contribution in [3.63, 3.8) is 0 Å². The number of hydrogen-bond acceptors (Lipinski definition) is 4. The molecule has 0 aliphatic heterocycles. The van der Waals surface area contributed by atoms with E-state index in [1.54, 1.807) is 7.11 Å². The second-order valence-electron chi connectivity index (χ2n) is 4.95. The van der Waals surface area contributed by atoms with Crippen molar-refractivity contribution in [1.82, 2.24) is 4.90 Å². The predicted octanol–water partition coefficient (Wildman–Crippen LogP) is 2.48. The minimum absolute atomic E-state index is 0.00996. The van der Waals surface area contributed by atoms with E-state index in [4.69, 9.17) is 9.47 Å².